The van der Waals surface area contributed by atoms with Crippen molar-refractivity contribution in [1.29, 1.82) is 0 Å². The van der Waals surface area contributed by atoms with Crippen molar-refractivity contribution in [2.75, 3.05) is 12.3 Å². The van der Waals surface area contributed by atoms with Crippen LogP contribution in [0, 0.1) is 11.8 Å². The first kappa shape index (κ1) is 17.0. The van der Waals surface area contributed by atoms with E-state index in [-0.39, 0.29) is 5.54 Å². The first-order valence-corrected chi connectivity index (χ1v) is 9.05. The van der Waals surface area contributed by atoms with Crippen LogP contribution >= 0.6 is 0 Å². The Bertz CT molecular complexity index is 387. The van der Waals surface area contributed by atoms with Crippen molar-refractivity contribution in [2.24, 2.45) is 11.8 Å². The molecule has 114 valence electrons. The van der Waals surface area contributed by atoms with Crippen molar-refractivity contribution in [1.82, 2.24) is 5.32 Å². The molecule has 19 heavy (non-hydrogen) atoms. The van der Waals surface area contributed by atoms with E-state index in [0.29, 0.717) is 17.6 Å². The van der Waals surface area contributed by atoms with Gasteiger partial charge in [-0.05, 0) is 79.2 Å². The normalized spacial score (nSPS) is 25.2. The Hall–Kier alpha value is -0.0900. The smallest absolute Gasteiger partial charge is 0.155 e. The van der Waals surface area contributed by atoms with E-state index in [9.17, 15) is 8.42 Å². The van der Waals surface area contributed by atoms with Crippen molar-refractivity contribution < 1.29 is 8.42 Å². The highest BCUT2D eigenvalue weighted by Gasteiger charge is 2.35. The van der Waals surface area contributed by atoms with E-state index >= 15 is 0 Å². The SMILES string of the molecule is CC(C)(C)NCC1CCC1CCS(=O)(=O)C(C)(C)C. The minimum absolute atomic E-state index is 0.150. The maximum absolute atomic E-state index is 12.1. The Balaban J connectivity index is 2.39. The van der Waals surface area contributed by atoms with Crippen LogP contribution in [0.2, 0.25) is 0 Å². The third-order valence-corrected chi connectivity index (χ3v) is 6.80. The Kier molecular flexibility index (Phi) is 5.11. The van der Waals surface area contributed by atoms with E-state index in [1.807, 2.05) is 0 Å². The second-order valence-corrected chi connectivity index (χ2v) is 10.8. The van der Waals surface area contributed by atoms with Gasteiger partial charge in [0.2, 0.25) is 0 Å². The predicted octanol–water partition coefficient (Wildman–Crippen LogP) is 3.00. The summed E-state index contributed by atoms with van der Waals surface area (Å²) in [5.74, 6) is 1.59. The fourth-order valence-corrected chi connectivity index (χ4v) is 3.56. The molecule has 2 unspecified atom stereocenters. The summed E-state index contributed by atoms with van der Waals surface area (Å²) in [6.07, 6.45) is 3.26. The van der Waals surface area contributed by atoms with E-state index in [4.69, 9.17) is 0 Å². The Morgan fingerprint density at radius 3 is 1.89 bits per heavy atom. The Morgan fingerprint density at radius 2 is 1.53 bits per heavy atom. The van der Waals surface area contributed by atoms with Gasteiger partial charge in [0, 0.05) is 5.54 Å². The monoisotopic (exact) mass is 289 g/mol. The fraction of sp³-hybridized carbons (Fsp3) is 1.00. The van der Waals surface area contributed by atoms with Crippen LogP contribution in [0.25, 0.3) is 0 Å². The molecular formula is C15H31NO2S. The summed E-state index contributed by atoms with van der Waals surface area (Å²) in [5, 5.41) is 3.53. The van der Waals surface area contributed by atoms with Gasteiger partial charge in [-0.2, -0.15) is 0 Å². The zero-order valence-electron chi connectivity index (χ0n) is 13.4. The van der Waals surface area contributed by atoms with Crippen LogP contribution in [0.5, 0.6) is 0 Å². The second kappa shape index (κ2) is 5.72. The maximum atomic E-state index is 12.1. The lowest BCUT2D eigenvalue weighted by molar-refractivity contribution is 0.156. The summed E-state index contributed by atoms with van der Waals surface area (Å²) in [5.41, 5.74) is 0.150. The molecule has 0 aromatic carbocycles. The average Bonchev–Trinajstić information content (AvgIpc) is 2.12. The molecule has 1 saturated carbocycles. The summed E-state index contributed by atoms with van der Waals surface area (Å²) in [7, 11) is -2.96. The van der Waals surface area contributed by atoms with Crippen molar-refractivity contribution in [3.63, 3.8) is 0 Å². The van der Waals surface area contributed by atoms with E-state index in [0.717, 1.165) is 13.0 Å². The highest BCUT2D eigenvalue weighted by molar-refractivity contribution is 7.92. The van der Waals surface area contributed by atoms with Crippen molar-refractivity contribution >= 4 is 9.84 Å². The van der Waals surface area contributed by atoms with Gasteiger partial charge in [-0.25, -0.2) is 8.42 Å². The lowest BCUT2D eigenvalue weighted by Gasteiger charge is -2.39. The summed E-state index contributed by atoms with van der Waals surface area (Å²) < 4.78 is 23.6. The van der Waals surface area contributed by atoms with Crippen molar-refractivity contribution in [2.45, 2.75) is 71.1 Å². The van der Waals surface area contributed by atoms with Crippen LogP contribution < -0.4 is 5.32 Å². The Morgan fingerprint density at radius 1 is 1.00 bits per heavy atom. The van der Waals surface area contributed by atoms with Crippen LogP contribution in [0.3, 0.4) is 0 Å². The maximum Gasteiger partial charge on any atom is 0.155 e. The van der Waals surface area contributed by atoms with Crippen LogP contribution in [-0.2, 0) is 9.84 Å². The second-order valence-electron chi connectivity index (χ2n) is 7.95. The minimum Gasteiger partial charge on any atom is -0.312 e. The zero-order valence-corrected chi connectivity index (χ0v) is 14.2. The molecule has 1 aliphatic carbocycles. The molecule has 1 rings (SSSR count). The molecule has 0 radical (unpaired) electrons. The third-order valence-electron chi connectivity index (χ3n) is 4.16. The van der Waals surface area contributed by atoms with Gasteiger partial charge >= 0.3 is 0 Å². The van der Waals surface area contributed by atoms with Gasteiger partial charge < -0.3 is 5.32 Å². The van der Waals surface area contributed by atoms with Gasteiger partial charge in [-0.3, -0.25) is 0 Å². The predicted molar refractivity (Wildman–Crippen MR) is 82.1 cm³/mol. The van der Waals surface area contributed by atoms with E-state index < -0.39 is 14.6 Å². The number of hydrogen-bond donors (Lipinski definition) is 1. The lowest BCUT2D eigenvalue weighted by Crippen LogP contribution is -2.44. The molecule has 0 heterocycles. The van der Waals surface area contributed by atoms with Gasteiger partial charge in [-0.15, -0.1) is 0 Å². The zero-order chi connectivity index (χ0) is 14.9. The van der Waals surface area contributed by atoms with Crippen molar-refractivity contribution in [3.8, 4) is 0 Å². The molecule has 0 aromatic rings. The van der Waals surface area contributed by atoms with E-state index in [2.05, 4.69) is 26.1 Å². The summed E-state index contributed by atoms with van der Waals surface area (Å²) in [4.78, 5) is 0. The molecule has 0 saturated heterocycles. The topological polar surface area (TPSA) is 46.2 Å². The lowest BCUT2D eigenvalue weighted by atomic mass is 9.72. The molecule has 0 aliphatic heterocycles. The first-order valence-electron chi connectivity index (χ1n) is 7.40. The van der Waals surface area contributed by atoms with Crippen molar-refractivity contribution in [3.05, 3.63) is 0 Å². The third kappa shape index (κ3) is 5.07. The van der Waals surface area contributed by atoms with E-state index in [1.165, 1.54) is 12.8 Å². The molecule has 1 N–H and O–H groups in total. The van der Waals surface area contributed by atoms with Crippen LogP contribution in [0.15, 0.2) is 0 Å². The van der Waals surface area contributed by atoms with Gasteiger partial charge in [0.25, 0.3) is 0 Å². The molecule has 0 amide bonds. The van der Waals surface area contributed by atoms with Gasteiger partial charge in [0.15, 0.2) is 9.84 Å². The average molecular weight is 289 g/mol. The summed E-state index contributed by atoms with van der Waals surface area (Å²) in [6.45, 7) is 12.9. The molecule has 0 aromatic heterocycles. The van der Waals surface area contributed by atoms with Gasteiger partial charge in [0.05, 0.1) is 10.5 Å². The Labute approximate surface area is 119 Å². The molecular weight excluding hydrogens is 258 g/mol. The molecule has 1 aliphatic rings. The molecule has 1 fully saturated rings. The molecule has 0 spiro atoms. The molecule has 4 heteroatoms. The summed E-state index contributed by atoms with van der Waals surface area (Å²) >= 11 is 0. The van der Waals surface area contributed by atoms with Crippen LogP contribution in [-0.4, -0.2) is 31.0 Å². The first-order chi connectivity index (χ1) is 8.42. The highest BCUT2D eigenvalue weighted by atomic mass is 32.2. The molecule has 3 nitrogen and oxygen atoms in total. The quantitative estimate of drug-likeness (QED) is 0.846. The standard InChI is InChI=1S/C15H31NO2S/c1-14(2,3)16-11-13-8-7-12(13)9-10-19(17,18)15(4,5)6/h12-13,16H,7-11H2,1-6H3. The molecule has 2 atom stereocenters. The number of nitrogens with one attached hydrogen (secondary N) is 1. The molecule has 0 bridgehead atoms. The van der Waals surface area contributed by atoms with Gasteiger partial charge in [0.1, 0.15) is 0 Å². The summed E-state index contributed by atoms with van der Waals surface area (Å²) in [6, 6.07) is 0. The van der Waals surface area contributed by atoms with Gasteiger partial charge in [-0.1, -0.05) is 0 Å². The number of hydrogen-bond acceptors (Lipinski definition) is 3. The minimum atomic E-state index is -2.96. The fourth-order valence-electron chi connectivity index (χ4n) is 2.34. The van der Waals surface area contributed by atoms with Crippen LogP contribution in [0.4, 0.5) is 0 Å². The largest absolute Gasteiger partial charge is 0.312 e. The number of sulfone groups is 1. The van der Waals surface area contributed by atoms with Crippen LogP contribution in [0.1, 0.15) is 60.8 Å². The van der Waals surface area contributed by atoms with E-state index in [1.54, 1.807) is 20.8 Å². The highest BCUT2D eigenvalue weighted by Crippen LogP contribution is 2.37. The number of rotatable bonds is 5.